The van der Waals surface area contributed by atoms with Crippen molar-refractivity contribution in [3.8, 4) is 5.88 Å². The van der Waals surface area contributed by atoms with Crippen molar-refractivity contribution in [2.24, 2.45) is 19.1 Å². The zero-order chi connectivity index (χ0) is 15.3. The van der Waals surface area contributed by atoms with Crippen LogP contribution in [-0.2, 0) is 14.1 Å². The fourth-order valence-electron chi connectivity index (χ4n) is 2.27. The van der Waals surface area contributed by atoms with Gasteiger partial charge in [-0.3, -0.25) is 15.0 Å². The molecule has 1 aromatic carbocycles. The third kappa shape index (κ3) is 2.09. The minimum Gasteiger partial charge on any atom is -0.493 e. The molecule has 1 aliphatic heterocycles. The summed E-state index contributed by atoms with van der Waals surface area (Å²) in [7, 11) is 3.35. The van der Waals surface area contributed by atoms with E-state index in [2.05, 4.69) is 4.99 Å². The number of aromatic hydroxyl groups is 1. The van der Waals surface area contributed by atoms with Crippen LogP contribution in [0.15, 0.2) is 17.1 Å². The largest absolute Gasteiger partial charge is 0.493 e. The molecule has 0 saturated carbocycles. The molecule has 0 unspecified atom stereocenters. The molecule has 0 radical (unpaired) electrons. The molecule has 0 atom stereocenters. The molecule has 0 saturated heterocycles. The van der Waals surface area contributed by atoms with Gasteiger partial charge in [-0.05, 0) is 18.2 Å². The Hall–Kier alpha value is -1.98. The van der Waals surface area contributed by atoms with Gasteiger partial charge in [0.2, 0.25) is 11.5 Å². The summed E-state index contributed by atoms with van der Waals surface area (Å²) in [5.74, 6) is 0.0249. The first kappa shape index (κ1) is 14.0. The number of rotatable bonds is 1. The predicted octanol–water partition coefficient (Wildman–Crippen LogP) is 3.11. The fourth-order valence-corrected chi connectivity index (χ4v) is 2.59. The number of aliphatic imine (C=N–C) groups is 1. The molecule has 0 fully saturated rings. The number of aromatic nitrogens is 2. The minimum absolute atomic E-state index is 0.0249. The van der Waals surface area contributed by atoms with Gasteiger partial charge in [-0.2, -0.15) is 0 Å². The second kappa shape index (κ2) is 4.79. The highest BCUT2D eigenvalue weighted by molar-refractivity contribution is 6.42. The van der Waals surface area contributed by atoms with Crippen LogP contribution in [-0.4, -0.2) is 20.5 Å². The number of allylic oxidation sites excluding steroid dienone is 1. The number of halogens is 2. The number of nitrogens with zero attached hydrogens (tertiary/aromatic N) is 3. The highest BCUT2D eigenvalue weighted by Gasteiger charge is 2.17. The average Bonchev–Trinajstić information content (AvgIpc) is 2.91. The van der Waals surface area contributed by atoms with Crippen molar-refractivity contribution in [3.63, 3.8) is 0 Å². The van der Waals surface area contributed by atoms with Gasteiger partial charge in [-0.1, -0.05) is 23.2 Å². The van der Waals surface area contributed by atoms with Crippen LogP contribution in [0.1, 0.15) is 11.3 Å². The van der Waals surface area contributed by atoms with Gasteiger partial charge in [0.15, 0.2) is 0 Å². The lowest BCUT2D eigenvalue weighted by Gasteiger charge is -2.03. The van der Waals surface area contributed by atoms with E-state index in [9.17, 15) is 5.11 Å². The summed E-state index contributed by atoms with van der Waals surface area (Å²) < 4.78 is 2.99. The van der Waals surface area contributed by atoms with Gasteiger partial charge >= 0.3 is 0 Å². The van der Waals surface area contributed by atoms with Crippen molar-refractivity contribution in [2.75, 3.05) is 0 Å². The molecule has 1 aliphatic rings. The standard InChI is InChI=1S/C14H12Cl2N4O/c1-19-12(13(21)20(2)14(19)17)3-7-6-18-11-5-10(16)9(15)4-8(7)11/h3-6,17,21H,1-2H3/b7-3-,17-14?. The summed E-state index contributed by atoms with van der Waals surface area (Å²) in [4.78, 5) is 4.29. The number of nitrogens with one attached hydrogen (secondary N) is 1. The average molecular weight is 323 g/mol. The Kier molecular flexibility index (Phi) is 3.19. The van der Waals surface area contributed by atoms with E-state index in [0.29, 0.717) is 15.7 Å². The SMILES string of the molecule is Cn1c(O)c(/C=C2/C=Nc3cc(Cl)c(Cl)cc32)n(C)c1=N. The van der Waals surface area contributed by atoms with Crippen LogP contribution in [0.2, 0.25) is 10.0 Å². The zero-order valence-corrected chi connectivity index (χ0v) is 12.9. The van der Waals surface area contributed by atoms with E-state index in [0.717, 1.165) is 16.8 Å². The van der Waals surface area contributed by atoms with E-state index in [-0.39, 0.29) is 11.5 Å². The van der Waals surface area contributed by atoms with E-state index in [1.807, 2.05) is 0 Å². The van der Waals surface area contributed by atoms with Crippen LogP contribution in [0, 0.1) is 5.41 Å². The van der Waals surface area contributed by atoms with Crippen LogP contribution < -0.4 is 5.62 Å². The zero-order valence-electron chi connectivity index (χ0n) is 11.4. The first-order valence-corrected chi connectivity index (χ1v) is 6.90. The summed E-state index contributed by atoms with van der Waals surface area (Å²) in [5.41, 5.74) is 3.12. The summed E-state index contributed by atoms with van der Waals surface area (Å²) in [6, 6.07) is 3.46. The highest BCUT2D eigenvalue weighted by atomic mass is 35.5. The topological polar surface area (TPSA) is 66.3 Å². The Morgan fingerprint density at radius 3 is 2.48 bits per heavy atom. The lowest BCUT2D eigenvalue weighted by molar-refractivity contribution is 0.427. The van der Waals surface area contributed by atoms with E-state index < -0.39 is 0 Å². The van der Waals surface area contributed by atoms with Crippen molar-refractivity contribution in [1.29, 1.82) is 5.41 Å². The van der Waals surface area contributed by atoms with Gasteiger partial charge in [0, 0.05) is 31.4 Å². The quantitative estimate of drug-likeness (QED) is 0.832. The monoisotopic (exact) mass is 322 g/mol. The van der Waals surface area contributed by atoms with E-state index >= 15 is 0 Å². The molecular weight excluding hydrogens is 311 g/mol. The number of fused-ring (bicyclic) bond motifs is 1. The Bertz CT molecular complexity index is 874. The number of benzene rings is 1. The van der Waals surface area contributed by atoms with Crippen LogP contribution in [0.3, 0.4) is 0 Å². The first-order valence-electron chi connectivity index (χ1n) is 6.14. The smallest absolute Gasteiger partial charge is 0.218 e. The molecular formula is C14H12Cl2N4O. The normalized spacial score (nSPS) is 15.0. The van der Waals surface area contributed by atoms with Crippen LogP contribution in [0.25, 0.3) is 11.6 Å². The van der Waals surface area contributed by atoms with Gasteiger partial charge in [0.1, 0.15) is 5.69 Å². The van der Waals surface area contributed by atoms with E-state index in [1.54, 1.807) is 43.1 Å². The fraction of sp³-hybridized carbons (Fsp3) is 0.143. The van der Waals surface area contributed by atoms with E-state index in [4.69, 9.17) is 28.6 Å². The molecule has 21 heavy (non-hydrogen) atoms. The summed E-state index contributed by atoms with van der Waals surface area (Å²) >= 11 is 12.0. The number of imidazole rings is 1. The Morgan fingerprint density at radius 2 is 1.86 bits per heavy atom. The molecule has 7 heteroatoms. The summed E-state index contributed by atoms with van der Waals surface area (Å²) in [6.45, 7) is 0. The predicted molar refractivity (Wildman–Crippen MR) is 84.4 cm³/mol. The van der Waals surface area contributed by atoms with Gasteiger partial charge in [-0.15, -0.1) is 0 Å². The Labute approximate surface area is 130 Å². The number of hydrogen-bond acceptors (Lipinski definition) is 3. The van der Waals surface area contributed by atoms with Gasteiger partial charge in [0.25, 0.3) is 0 Å². The molecule has 1 aromatic heterocycles. The first-order chi connectivity index (χ1) is 9.90. The molecule has 0 aliphatic carbocycles. The summed E-state index contributed by atoms with van der Waals surface area (Å²) in [6.07, 6.45) is 3.46. The lowest BCUT2D eigenvalue weighted by atomic mass is 10.1. The number of hydrogen-bond donors (Lipinski definition) is 2. The Morgan fingerprint density at radius 1 is 1.19 bits per heavy atom. The molecule has 108 valence electrons. The Balaban J connectivity index is 2.18. The molecule has 2 heterocycles. The second-order valence-corrected chi connectivity index (χ2v) is 5.61. The second-order valence-electron chi connectivity index (χ2n) is 4.79. The lowest BCUT2D eigenvalue weighted by Crippen LogP contribution is -2.20. The van der Waals surface area contributed by atoms with Gasteiger partial charge in [-0.25, -0.2) is 0 Å². The summed E-state index contributed by atoms with van der Waals surface area (Å²) in [5, 5.41) is 18.9. The highest BCUT2D eigenvalue weighted by Crippen LogP contribution is 2.38. The molecule has 3 rings (SSSR count). The van der Waals surface area contributed by atoms with Crippen LogP contribution in [0.4, 0.5) is 5.69 Å². The van der Waals surface area contributed by atoms with Crippen LogP contribution >= 0.6 is 23.2 Å². The van der Waals surface area contributed by atoms with Crippen molar-refractivity contribution in [2.45, 2.75) is 0 Å². The maximum absolute atomic E-state index is 10.1. The van der Waals surface area contributed by atoms with Crippen molar-refractivity contribution in [3.05, 3.63) is 39.1 Å². The third-order valence-corrected chi connectivity index (χ3v) is 4.25. The van der Waals surface area contributed by atoms with Crippen molar-refractivity contribution < 1.29 is 5.11 Å². The molecule has 2 aromatic rings. The molecule has 0 spiro atoms. The maximum Gasteiger partial charge on any atom is 0.218 e. The molecule has 0 amide bonds. The van der Waals surface area contributed by atoms with Crippen LogP contribution in [0.5, 0.6) is 5.88 Å². The maximum atomic E-state index is 10.1. The minimum atomic E-state index is 0.0249. The van der Waals surface area contributed by atoms with Gasteiger partial charge in [0.05, 0.1) is 15.7 Å². The molecule has 5 nitrogen and oxygen atoms in total. The van der Waals surface area contributed by atoms with Gasteiger partial charge < -0.3 is 9.67 Å². The molecule has 0 bridgehead atoms. The van der Waals surface area contributed by atoms with E-state index in [1.165, 1.54) is 4.57 Å². The third-order valence-electron chi connectivity index (χ3n) is 3.53. The van der Waals surface area contributed by atoms with Crippen molar-refractivity contribution in [1.82, 2.24) is 9.13 Å². The molecule has 2 N–H and O–H groups in total. The van der Waals surface area contributed by atoms with Crippen molar-refractivity contribution >= 4 is 46.8 Å².